The SMILES string of the molecule is CCCc1nc(S/C(=C\c2ccc(OCc3cccc(C(=O)O)c3)cc2)C(=O)O)n[nH]1. The number of benzene rings is 2. The van der Waals surface area contributed by atoms with Crippen LogP contribution in [0, 0.1) is 0 Å². The van der Waals surface area contributed by atoms with Crippen LogP contribution >= 0.6 is 11.8 Å². The number of carboxylic acid groups (broad SMARTS) is 2. The number of H-pyrrole nitrogens is 1. The molecular formula is C22H21N3O5S. The molecule has 0 aliphatic carbocycles. The third kappa shape index (κ3) is 6.45. The van der Waals surface area contributed by atoms with Gasteiger partial charge < -0.3 is 14.9 Å². The highest BCUT2D eigenvalue weighted by atomic mass is 32.2. The van der Waals surface area contributed by atoms with Gasteiger partial charge in [0.25, 0.3) is 0 Å². The average molecular weight is 439 g/mol. The molecule has 3 aromatic rings. The maximum Gasteiger partial charge on any atom is 0.342 e. The molecule has 1 aromatic heterocycles. The highest BCUT2D eigenvalue weighted by Gasteiger charge is 2.13. The van der Waals surface area contributed by atoms with Crippen molar-refractivity contribution in [2.24, 2.45) is 0 Å². The van der Waals surface area contributed by atoms with Gasteiger partial charge in [-0.2, -0.15) is 0 Å². The summed E-state index contributed by atoms with van der Waals surface area (Å²) in [7, 11) is 0. The lowest BCUT2D eigenvalue weighted by atomic mass is 10.1. The molecule has 0 amide bonds. The van der Waals surface area contributed by atoms with Gasteiger partial charge in [0.2, 0.25) is 5.16 Å². The van der Waals surface area contributed by atoms with Crippen LogP contribution in [0.4, 0.5) is 0 Å². The molecule has 31 heavy (non-hydrogen) atoms. The smallest absolute Gasteiger partial charge is 0.342 e. The summed E-state index contributed by atoms with van der Waals surface area (Å²) >= 11 is 0.983. The van der Waals surface area contributed by atoms with E-state index in [1.54, 1.807) is 48.5 Å². The second-order valence-corrected chi connectivity index (χ2v) is 7.60. The molecule has 0 saturated heterocycles. The van der Waals surface area contributed by atoms with E-state index in [0.717, 1.165) is 36.0 Å². The third-order valence-corrected chi connectivity index (χ3v) is 5.04. The first-order valence-electron chi connectivity index (χ1n) is 9.54. The van der Waals surface area contributed by atoms with E-state index >= 15 is 0 Å². The first-order valence-corrected chi connectivity index (χ1v) is 10.4. The largest absolute Gasteiger partial charge is 0.489 e. The molecule has 0 aliphatic heterocycles. The zero-order chi connectivity index (χ0) is 22.2. The fraction of sp³-hybridized carbons (Fsp3) is 0.182. The Balaban J connectivity index is 1.65. The van der Waals surface area contributed by atoms with E-state index in [-0.39, 0.29) is 17.1 Å². The minimum Gasteiger partial charge on any atom is -0.489 e. The van der Waals surface area contributed by atoms with Crippen molar-refractivity contribution in [2.45, 2.75) is 31.5 Å². The zero-order valence-corrected chi connectivity index (χ0v) is 17.6. The number of nitrogens with zero attached hydrogens (tertiary/aromatic N) is 2. The monoisotopic (exact) mass is 439 g/mol. The number of hydrogen-bond donors (Lipinski definition) is 3. The second-order valence-electron chi connectivity index (χ2n) is 6.59. The first kappa shape index (κ1) is 22.1. The number of aliphatic carboxylic acids is 1. The standard InChI is InChI=1S/C22H21N3O5S/c1-2-4-19-23-22(25-24-19)31-18(21(28)29)12-14-7-9-17(10-8-14)30-13-15-5-3-6-16(11-15)20(26)27/h3,5-12H,2,4,13H2,1H3,(H,26,27)(H,28,29)(H,23,24,25)/b18-12-. The van der Waals surface area contributed by atoms with E-state index in [1.807, 2.05) is 6.92 Å². The van der Waals surface area contributed by atoms with Crippen molar-refractivity contribution in [3.63, 3.8) is 0 Å². The normalized spacial score (nSPS) is 11.3. The molecule has 0 aliphatic rings. The predicted molar refractivity (Wildman–Crippen MR) is 116 cm³/mol. The molecule has 8 nitrogen and oxygen atoms in total. The van der Waals surface area contributed by atoms with Crippen LogP contribution < -0.4 is 4.74 Å². The van der Waals surface area contributed by atoms with Crippen LogP contribution in [0.25, 0.3) is 6.08 Å². The van der Waals surface area contributed by atoms with Gasteiger partial charge in [-0.3, -0.25) is 5.10 Å². The van der Waals surface area contributed by atoms with E-state index < -0.39 is 11.9 Å². The molecule has 2 aromatic carbocycles. The Morgan fingerprint density at radius 2 is 1.94 bits per heavy atom. The topological polar surface area (TPSA) is 125 Å². The number of thioether (sulfide) groups is 1. The van der Waals surface area contributed by atoms with Crippen molar-refractivity contribution in [3.05, 3.63) is 76.0 Å². The van der Waals surface area contributed by atoms with Crippen LogP contribution in [-0.4, -0.2) is 37.3 Å². The quantitative estimate of drug-likeness (QED) is 0.316. The first-order chi connectivity index (χ1) is 14.9. The summed E-state index contributed by atoms with van der Waals surface area (Å²) < 4.78 is 5.70. The van der Waals surface area contributed by atoms with Crippen LogP contribution in [-0.2, 0) is 17.8 Å². The Bertz CT molecular complexity index is 1090. The maximum atomic E-state index is 11.6. The van der Waals surface area contributed by atoms with Gasteiger partial charge in [0.1, 0.15) is 23.1 Å². The number of aromatic carboxylic acids is 1. The lowest BCUT2D eigenvalue weighted by molar-refractivity contribution is -0.131. The molecule has 0 saturated carbocycles. The summed E-state index contributed by atoms with van der Waals surface area (Å²) in [5.41, 5.74) is 1.63. The third-order valence-electron chi connectivity index (χ3n) is 4.17. The number of aryl methyl sites for hydroxylation is 1. The Hall–Kier alpha value is -3.59. The highest BCUT2D eigenvalue weighted by molar-refractivity contribution is 8.04. The van der Waals surface area contributed by atoms with Gasteiger partial charge in [0.05, 0.1) is 5.56 Å². The van der Waals surface area contributed by atoms with E-state index in [9.17, 15) is 14.7 Å². The molecule has 3 rings (SSSR count). The summed E-state index contributed by atoms with van der Waals surface area (Å²) in [6.45, 7) is 2.25. The van der Waals surface area contributed by atoms with E-state index in [0.29, 0.717) is 16.5 Å². The zero-order valence-electron chi connectivity index (χ0n) is 16.7. The number of carbonyl (C=O) groups is 2. The number of ether oxygens (including phenoxy) is 1. The van der Waals surface area contributed by atoms with Crippen LogP contribution in [0.2, 0.25) is 0 Å². The Labute approximate surface area is 183 Å². The molecular weight excluding hydrogens is 418 g/mol. The summed E-state index contributed by atoms with van der Waals surface area (Å²) in [5, 5.41) is 25.8. The van der Waals surface area contributed by atoms with Gasteiger partial charge in [-0.25, -0.2) is 14.6 Å². The van der Waals surface area contributed by atoms with Gasteiger partial charge in [-0.1, -0.05) is 31.2 Å². The number of aromatic nitrogens is 3. The molecule has 1 heterocycles. The van der Waals surface area contributed by atoms with E-state index in [1.165, 1.54) is 6.07 Å². The predicted octanol–water partition coefficient (Wildman–Crippen LogP) is 4.25. The lowest BCUT2D eigenvalue weighted by Crippen LogP contribution is -2.00. The van der Waals surface area contributed by atoms with Crippen LogP contribution in [0.1, 0.15) is 40.7 Å². The Kier molecular flexibility index (Phi) is 7.45. The summed E-state index contributed by atoms with van der Waals surface area (Å²) in [4.78, 5) is 27.1. The summed E-state index contributed by atoms with van der Waals surface area (Å²) in [6.07, 6.45) is 3.21. The molecule has 0 unspecified atom stereocenters. The molecule has 9 heteroatoms. The number of hydrogen-bond acceptors (Lipinski definition) is 6. The van der Waals surface area contributed by atoms with Crippen molar-refractivity contribution < 1.29 is 24.5 Å². The molecule has 0 atom stereocenters. The molecule has 0 spiro atoms. The fourth-order valence-electron chi connectivity index (χ4n) is 2.68. The van der Waals surface area contributed by atoms with Crippen LogP contribution in [0.3, 0.4) is 0 Å². The number of carboxylic acids is 2. The molecule has 0 radical (unpaired) electrons. The van der Waals surface area contributed by atoms with Gasteiger partial charge in [-0.15, -0.1) is 5.10 Å². The van der Waals surface area contributed by atoms with Gasteiger partial charge >= 0.3 is 11.9 Å². The lowest BCUT2D eigenvalue weighted by Gasteiger charge is -2.07. The average Bonchev–Trinajstić information content (AvgIpc) is 3.20. The number of nitrogens with one attached hydrogen (secondary N) is 1. The molecule has 3 N–H and O–H groups in total. The van der Waals surface area contributed by atoms with Crippen molar-refractivity contribution >= 4 is 29.8 Å². The Morgan fingerprint density at radius 3 is 2.61 bits per heavy atom. The molecule has 160 valence electrons. The second kappa shape index (κ2) is 10.4. The minimum absolute atomic E-state index is 0.0983. The van der Waals surface area contributed by atoms with Crippen molar-refractivity contribution in [2.75, 3.05) is 0 Å². The van der Waals surface area contributed by atoms with E-state index in [4.69, 9.17) is 9.84 Å². The number of rotatable bonds is 10. The number of aromatic amines is 1. The highest BCUT2D eigenvalue weighted by Crippen LogP contribution is 2.26. The summed E-state index contributed by atoms with van der Waals surface area (Å²) in [5.74, 6) is -0.743. The maximum absolute atomic E-state index is 11.6. The molecule has 0 bridgehead atoms. The Morgan fingerprint density at radius 1 is 1.16 bits per heavy atom. The van der Waals surface area contributed by atoms with Gasteiger partial charge in [-0.05, 0) is 59.7 Å². The van der Waals surface area contributed by atoms with E-state index in [2.05, 4.69) is 15.2 Å². The molecule has 0 fully saturated rings. The minimum atomic E-state index is -1.06. The van der Waals surface area contributed by atoms with Gasteiger partial charge in [0.15, 0.2) is 0 Å². The van der Waals surface area contributed by atoms with Crippen molar-refractivity contribution in [1.82, 2.24) is 15.2 Å². The summed E-state index contributed by atoms with van der Waals surface area (Å²) in [6, 6.07) is 13.5. The fourth-order valence-corrected chi connectivity index (χ4v) is 3.40. The van der Waals surface area contributed by atoms with Crippen molar-refractivity contribution in [1.29, 1.82) is 0 Å². The van der Waals surface area contributed by atoms with Gasteiger partial charge in [0, 0.05) is 6.42 Å². The van der Waals surface area contributed by atoms with Crippen LogP contribution in [0.15, 0.2) is 58.6 Å². The van der Waals surface area contributed by atoms with Crippen molar-refractivity contribution in [3.8, 4) is 5.75 Å². The van der Waals surface area contributed by atoms with Crippen LogP contribution in [0.5, 0.6) is 5.75 Å².